The van der Waals surface area contributed by atoms with Crippen molar-refractivity contribution in [1.29, 1.82) is 0 Å². The molecule has 3 rings (SSSR count). The molecule has 1 fully saturated rings. The lowest BCUT2D eigenvalue weighted by atomic mass is 10.1. The van der Waals surface area contributed by atoms with Crippen LogP contribution in [0, 0.1) is 0 Å². The summed E-state index contributed by atoms with van der Waals surface area (Å²) in [4.78, 5) is 4.53. The quantitative estimate of drug-likeness (QED) is 0.839. The van der Waals surface area contributed by atoms with Gasteiger partial charge in [-0.3, -0.25) is 5.10 Å². The molecular weight excluding hydrogens is 212 g/mol. The van der Waals surface area contributed by atoms with E-state index in [1.165, 1.54) is 18.4 Å². The normalized spacial score (nSPS) is 15.1. The average molecular weight is 228 g/mol. The third-order valence-electron chi connectivity index (χ3n) is 3.11. The number of nitrogens with zero attached hydrogens (tertiary/aromatic N) is 2. The Labute approximate surface area is 100 Å². The van der Waals surface area contributed by atoms with Gasteiger partial charge in [0, 0.05) is 11.5 Å². The summed E-state index contributed by atoms with van der Waals surface area (Å²) in [6, 6.07) is 8.31. The molecule has 4 nitrogen and oxygen atoms in total. The van der Waals surface area contributed by atoms with Crippen molar-refractivity contribution in [2.75, 3.05) is 6.54 Å². The van der Waals surface area contributed by atoms with E-state index in [2.05, 4.69) is 39.4 Å². The Morgan fingerprint density at radius 3 is 2.65 bits per heavy atom. The maximum atomic E-state index is 5.52. The van der Waals surface area contributed by atoms with Gasteiger partial charge >= 0.3 is 0 Å². The standard InChI is InChI=1S/C13H16N4/c14-8-7-9-1-3-10(4-2-9)12-15-13(17-16-12)11-5-6-11/h1-4,11H,5-8,14H2,(H,15,16,17). The average Bonchev–Trinajstić information content (AvgIpc) is 3.09. The summed E-state index contributed by atoms with van der Waals surface area (Å²) in [6.07, 6.45) is 3.40. The molecule has 1 aromatic heterocycles. The summed E-state index contributed by atoms with van der Waals surface area (Å²) >= 11 is 0. The van der Waals surface area contributed by atoms with E-state index in [4.69, 9.17) is 5.73 Å². The minimum Gasteiger partial charge on any atom is -0.330 e. The van der Waals surface area contributed by atoms with Gasteiger partial charge in [-0.05, 0) is 31.4 Å². The Kier molecular flexibility index (Phi) is 2.65. The Hall–Kier alpha value is -1.68. The summed E-state index contributed by atoms with van der Waals surface area (Å²) < 4.78 is 0. The molecule has 0 aliphatic heterocycles. The van der Waals surface area contributed by atoms with Crippen LogP contribution in [0.2, 0.25) is 0 Å². The fourth-order valence-corrected chi connectivity index (χ4v) is 1.93. The largest absolute Gasteiger partial charge is 0.330 e. The molecule has 1 heterocycles. The van der Waals surface area contributed by atoms with E-state index in [1.54, 1.807) is 0 Å². The number of aromatic nitrogens is 3. The SMILES string of the molecule is NCCc1ccc(-c2n[nH]c(C3CC3)n2)cc1. The van der Waals surface area contributed by atoms with E-state index in [0.717, 1.165) is 23.6 Å². The first-order chi connectivity index (χ1) is 8.36. The first-order valence-corrected chi connectivity index (χ1v) is 6.08. The maximum absolute atomic E-state index is 5.52. The Morgan fingerprint density at radius 2 is 2.00 bits per heavy atom. The van der Waals surface area contributed by atoms with Gasteiger partial charge in [-0.1, -0.05) is 24.3 Å². The van der Waals surface area contributed by atoms with Gasteiger partial charge in [-0.2, -0.15) is 5.10 Å². The Bertz CT molecular complexity index is 496. The first-order valence-electron chi connectivity index (χ1n) is 6.08. The number of rotatable bonds is 4. The zero-order valence-electron chi connectivity index (χ0n) is 9.69. The highest BCUT2D eigenvalue weighted by atomic mass is 15.2. The van der Waals surface area contributed by atoms with Crippen LogP contribution in [0.25, 0.3) is 11.4 Å². The highest BCUT2D eigenvalue weighted by Crippen LogP contribution is 2.38. The predicted molar refractivity (Wildman–Crippen MR) is 66.6 cm³/mol. The molecule has 1 aliphatic carbocycles. The molecule has 88 valence electrons. The minimum absolute atomic E-state index is 0.618. The summed E-state index contributed by atoms with van der Waals surface area (Å²) in [5, 5.41) is 7.29. The van der Waals surface area contributed by atoms with Crippen LogP contribution in [0.3, 0.4) is 0 Å². The number of nitrogens with one attached hydrogen (secondary N) is 1. The minimum atomic E-state index is 0.618. The van der Waals surface area contributed by atoms with Crippen molar-refractivity contribution in [3.63, 3.8) is 0 Å². The fourth-order valence-electron chi connectivity index (χ4n) is 1.93. The number of benzene rings is 1. The van der Waals surface area contributed by atoms with Crippen LogP contribution in [-0.4, -0.2) is 21.7 Å². The third-order valence-corrected chi connectivity index (χ3v) is 3.11. The molecule has 17 heavy (non-hydrogen) atoms. The van der Waals surface area contributed by atoms with Crippen molar-refractivity contribution < 1.29 is 0 Å². The van der Waals surface area contributed by atoms with Gasteiger partial charge in [-0.15, -0.1) is 0 Å². The lowest BCUT2D eigenvalue weighted by molar-refractivity contribution is 0.935. The molecular formula is C13H16N4. The molecule has 1 aliphatic rings. The van der Waals surface area contributed by atoms with Crippen LogP contribution in [0.15, 0.2) is 24.3 Å². The van der Waals surface area contributed by atoms with Gasteiger partial charge in [-0.25, -0.2) is 4.98 Å². The van der Waals surface area contributed by atoms with Gasteiger partial charge in [0.15, 0.2) is 5.82 Å². The van der Waals surface area contributed by atoms with Gasteiger partial charge < -0.3 is 5.73 Å². The second-order valence-corrected chi connectivity index (χ2v) is 4.55. The zero-order chi connectivity index (χ0) is 11.7. The monoisotopic (exact) mass is 228 g/mol. The van der Waals surface area contributed by atoms with Crippen molar-refractivity contribution in [3.8, 4) is 11.4 Å². The van der Waals surface area contributed by atoms with Crippen LogP contribution < -0.4 is 5.73 Å². The second kappa shape index (κ2) is 4.30. The summed E-state index contributed by atoms with van der Waals surface area (Å²) in [5.74, 6) is 2.45. The van der Waals surface area contributed by atoms with Crippen molar-refractivity contribution >= 4 is 0 Å². The van der Waals surface area contributed by atoms with Crippen LogP contribution in [0.1, 0.15) is 30.1 Å². The van der Waals surface area contributed by atoms with Crippen molar-refractivity contribution in [3.05, 3.63) is 35.7 Å². The predicted octanol–water partition coefficient (Wildman–Crippen LogP) is 1.85. The van der Waals surface area contributed by atoms with Crippen LogP contribution in [0.4, 0.5) is 0 Å². The van der Waals surface area contributed by atoms with E-state index in [9.17, 15) is 0 Å². The zero-order valence-corrected chi connectivity index (χ0v) is 9.69. The van der Waals surface area contributed by atoms with Crippen molar-refractivity contribution in [1.82, 2.24) is 15.2 Å². The topological polar surface area (TPSA) is 67.6 Å². The van der Waals surface area contributed by atoms with Crippen LogP contribution in [0.5, 0.6) is 0 Å². The maximum Gasteiger partial charge on any atom is 0.181 e. The fraction of sp³-hybridized carbons (Fsp3) is 0.385. The third kappa shape index (κ3) is 2.22. The van der Waals surface area contributed by atoms with Crippen LogP contribution in [-0.2, 0) is 6.42 Å². The molecule has 0 unspecified atom stereocenters. The van der Waals surface area contributed by atoms with Gasteiger partial charge in [0.2, 0.25) is 0 Å². The molecule has 0 spiro atoms. The molecule has 0 bridgehead atoms. The molecule has 4 heteroatoms. The first kappa shape index (κ1) is 10.5. The van der Waals surface area contributed by atoms with Crippen LogP contribution >= 0.6 is 0 Å². The highest BCUT2D eigenvalue weighted by Gasteiger charge is 2.27. The molecule has 0 radical (unpaired) electrons. The number of aromatic amines is 1. The van der Waals surface area contributed by atoms with Gasteiger partial charge in [0.25, 0.3) is 0 Å². The number of hydrogen-bond acceptors (Lipinski definition) is 3. The van der Waals surface area contributed by atoms with E-state index in [-0.39, 0.29) is 0 Å². The molecule has 1 saturated carbocycles. The molecule has 0 saturated heterocycles. The molecule has 1 aromatic carbocycles. The number of nitrogens with two attached hydrogens (primary N) is 1. The van der Waals surface area contributed by atoms with Crippen molar-refractivity contribution in [2.24, 2.45) is 5.73 Å². The summed E-state index contributed by atoms with van der Waals surface area (Å²) in [7, 11) is 0. The summed E-state index contributed by atoms with van der Waals surface area (Å²) in [6.45, 7) is 0.686. The van der Waals surface area contributed by atoms with Gasteiger partial charge in [0.1, 0.15) is 5.82 Å². The Balaban J connectivity index is 1.81. The summed E-state index contributed by atoms with van der Waals surface area (Å²) in [5.41, 5.74) is 7.85. The smallest absolute Gasteiger partial charge is 0.181 e. The number of H-pyrrole nitrogens is 1. The van der Waals surface area contributed by atoms with Crippen molar-refractivity contribution in [2.45, 2.75) is 25.2 Å². The molecule has 0 atom stereocenters. The second-order valence-electron chi connectivity index (χ2n) is 4.55. The molecule has 0 amide bonds. The van der Waals surface area contributed by atoms with E-state index < -0.39 is 0 Å². The lowest BCUT2D eigenvalue weighted by Crippen LogP contribution is -2.02. The highest BCUT2D eigenvalue weighted by molar-refractivity contribution is 5.55. The van der Waals surface area contributed by atoms with Gasteiger partial charge in [0.05, 0.1) is 0 Å². The lowest BCUT2D eigenvalue weighted by Gasteiger charge is -1.99. The molecule has 3 N–H and O–H groups in total. The van der Waals surface area contributed by atoms with E-state index >= 15 is 0 Å². The number of hydrogen-bond donors (Lipinski definition) is 2. The molecule has 2 aromatic rings. The van der Waals surface area contributed by atoms with E-state index in [0.29, 0.717) is 12.5 Å². The Morgan fingerprint density at radius 1 is 1.24 bits per heavy atom. The van der Waals surface area contributed by atoms with E-state index in [1.807, 2.05) is 0 Å².